The van der Waals surface area contributed by atoms with Crippen LogP contribution in [0.3, 0.4) is 0 Å². The first kappa shape index (κ1) is 21.3. The lowest BCUT2D eigenvalue weighted by Crippen LogP contribution is -2.52. The maximum atomic E-state index is 12.9. The summed E-state index contributed by atoms with van der Waals surface area (Å²) in [6.07, 6.45) is 0.955. The molecule has 8 heteroatoms. The first-order valence-corrected chi connectivity index (χ1v) is 11.3. The average Bonchev–Trinajstić information content (AvgIpc) is 3.08. The fraction of sp³-hybridized carbons (Fsp3) is 0.360. The van der Waals surface area contributed by atoms with Crippen LogP contribution in [0.4, 0.5) is 0 Å². The highest BCUT2D eigenvalue weighted by molar-refractivity contribution is 6.39. The van der Waals surface area contributed by atoms with Crippen molar-refractivity contribution in [2.24, 2.45) is 5.10 Å². The third-order valence-electron chi connectivity index (χ3n) is 7.13. The van der Waals surface area contributed by atoms with Gasteiger partial charge < -0.3 is 15.3 Å². The quantitative estimate of drug-likeness (QED) is 0.666. The van der Waals surface area contributed by atoms with E-state index in [-0.39, 0.29) is 24.1 Å². The van der Waals surface area contributed by atoms with Crippen molar-refractivity contribution in [3.8, 4) is 0 Å². The fourth-order valence-electron chi connectivity index (χ4n) is 5.33. The number of fused-ring (bicyclic) bond motifs is 2. The van der Waals surface area contributed by atoms with Gasteiger partial charge in [0.15, 0.2) is 0 Å². The summed E-state index contributed by atoms with van der Waals surface area (Å²) in [6, 6.07) is 16.3. The Morgan fingerprint density at radius 3 is 2.42 bits per heavy atom. The minimum Gasteiger partial charge on any atom is -0.390 e. The van der Waals surface area contributed by atoms with Gasteiger partial charge in [-0.1, -0.05) is 42.5 Å². The number of benzene rings is 2. The summed E-state index contributed by atoms with van der Waals surface area (Å²) in [6.45, 7) is 0.938. The van der Waals surface area contributed by atoms with Crippen molar-refractivity contribution in [2.75, 3.05) is 13.1 Å². The van der Waals surface area contributed by atoms with E-state index in [4.69, 9.17) is 0 Å². The molecule has 5 rings (SSSR count). The number of hydrazone groups is 1. The number of nitrogens with zero attached hydrogens (tertiary/aromatic N) is 2. The number of hydrogen-bond donors (Lipinski definition) is 3. The Morgan fingerprint density at radius 2 is 1.73 bits per heavy atom. The van der Waals surface area contributed by atoms with Crippen LogP contribution >= 0.6 is 0 Å². The van der Waals surface area contributed by atoms with Crippen molar-refractivity contribution >= 4 is 23.4 Å². The van der Waals surface area contributed by atoms with Crippen LogP contribution in [0, 0.1) is 0 Å². The van der Waals surface area contributed by atoms with Crippen molar-refractivity contribution in [1.82, 2.24) is 15.6 Å². The Balaban J connectivity index is 1.35. The lowest BCUT2D eigenvalue weighted by molar-refractivity contribution is -0.126. The summed E-state index contributed by atoms with van der Waals surface area (Å²) < 4.78 is 0. The van der Waals surface area contributed by atoms with Gasteiger partial charge in [0.25, 0.3) is 11.8 Å². The topological polar surface area (TPSA) is 111 Å². The number of carbonyl (C=O) groups excluding carboxylic acids is 3. The zero-order chi connectivity index (χ0) is 23.0. The molecule has 3 amide bonds. The molecule has 0 aromatic heterocycles. The summed E-state index contributed by atoms with van der Waals surface area (Å²) in [7, 11) is 0. The summed E-state index contributed by atoms with van der Waals surface area (Å²) in [5, 5.41) is 18.5. The summed E-state index contributed by atoms with van der Waals surface area (Å²) >= 11 is 0. The highest BCUT2D eigenvalue weighted by Gasteiger charge is 2.53. The van der Waals surface area contributed by atoms with Crippen molar-refractivity contribution in [2.45, 2.75) is 43.2 Å². The number of aliphatic hydroxyl groups is 1. The third kappa shape index (κ3) is 3.70. The van der Waals surface area contributed by atoms with E-state index < -0.39 is 17.6 Å². The Kier molecular flexibility index (Phi) is 5.46. The van der Waals surface area contributed by atoms with Crippen LogP contribution in [0.15, 0.2) is 59.7 Å². The van der Waals surface area contributed by atoms with Crippen LogP contribution in [-0.2, 0) is 15.0 Å². The number of amides is 3. The van der Waals surface area contributed by atoms with Crippen LogP contribution in [-0.4, -0.2) is 52.6 Å². The minimum atomic E-state index is -0.800. The molecule has 1 saturated heterocycles. The van der Waals surface area contributed by atoms with Crippen molar-refractivity contribution < 1.29 is 19.5 Å². The first-order valence-electron chi connectivity index (χ1n) is 11.3. The molecule has 33 heavy (non-hydrogen) atoms. The number of likely N-dealkylation sites (tertiary alicyclic amines) is 1. The van der Waals surface area contributed by atoms with E-state index in [0.29, 0.717) is 43.6 Å². The molecule has 0 saturated carbocycles. The van der Waals surface area contributed by atoms with Gasteiger partial charge in [-0.25, -0.2) is 5.43 Å². The zero-order valence-electron chi connectivity index (χ0n) is 18.2. The second kappa shape index (κ2) is 8.44. The molecule has 1 spiro atoms. The van der Waals surface area contributed by atoms with Crippen LogP contribution in [0.1, 0.15) is 53.2 Å². The Bertz CT molecular complexity index is 1120. The molecule has 0 radical (unpaired) electrons. The summed E-state index contributed by atoms with van der Waals surface area (Å²) in [5.41, 5.74) is 4.71. The number of hydrogen-bond acceptors (Lipinski definition) is 5. The van der Waals surface area contributed by atoms with Gasteiger partial charge in [0.05, 0.1) is 12.1 Å². The van der Waals surface area contributed by atoms with Gasteiger partial charge in [-0.2, -0.15) is 5.10 Å². The van der Waals surface area contributed by atoms with Crippen molar-refractivity contribution in [3.05, 3.63) is 71.3 Å². The van der Waals surface area contributed by atoms with Crippen LogP contribution in [0.25, 0.3) is 0 Å². The Morgan fingerprint density at radius 1 is 1.03 bits per heavy atom. The highest BCUT2D eigenvalue weighted by Crippen LogP contribution is 2.51. The zero-order valence-corrected chi connectivity index (χ0v) is 18.2. The number of aliphatic hydroxyl groups excluding tert-OH is 1. The second-order valence-electron chi connectivity index (χ2n) is 8.89. The van der Waals surface area contributed by atoms with Gasteiger partial charge in [0.1, 0.15) is 5.71 Å². The van der Waals surface area contributed by atoms with E-state index in [0.717, 1.165) is 11.1 Å². The van der Waals surface area contributed by atoms with E-state index in [1.165, 1.54) is 0 Å². The van der Waals surface area contributed by atoms with Gasteiger partial charge in [-0.3, -0.25) is 14.4 Å². The third-order valence-corrected chi connectivity index (χ3v) is 7.13. The first-order chi connectivity index (χ1) is 16.0. The van der Waals surface area contributed by atoms with E-state index in [2.05, 4.69) is 15.8 Å². The molecule has 1 fully saturated rings. The lowest BCUT2D eigenvalue weighted by Gasteiger charge is -2.43. The molecule has 0 bridgehead atoms. The predicted octanol–water partition coefficient (Wildman–Crippen LogP) is 1.66. The number of rotatable bonds is 3. The number of piperidine rings is 1. The highest BCUT2D eigenvalue weighted by atomic mass is 16.3. The molecular formula is C25H26N4O4. The van der Waals surface area contributed by atoms with Gasteiger partial charge in [-0.15, -0.1) is 0 Å². The molecular weight excluding hydrogens is 420 g/mol. The average molecular weight is 447 g/mol. The van der Waals surface area contributed by atoms with Crippen LogP contribution in [0.2, 0.25) is 0 Å². The number of nitrogens with one attached hydrogen (secondary N) is 2. The van der Waals surface area contributed by atoms with Gasteiger partial charge in [0, 0.05) is 36.9 Å². The van der Waals surface area contributed by atoms with Gasteiger partial charge >= 0.3 is 0 Å². The molecule has 2 aromatic carbocycles. The molecule has 8 nitrogen and oxygen atoms in total. The van der Waals surface area contributed by atoms with E-state index in [1.807, 2.05) is 42.5 Å². The predicted molar refractivity (Wildman–Crippen MR) is 121 cm³/mol. The Hall–Kier alpha value is -3.52. The molecule has 3 aliphatic rings. The standard InChI is InChI=1S/C25H26N4O4/c30-20-11-10-19(27-28-20)24(33)29-14-12-25(13-15-29)18-9-5-4-8-17(18)21(22(25)31)26-23(32)16-6-2-1-3-7-16/h1-9,21-22,31H,10-15H2,(H,26,32)(H,28,30)/t21-,22+/m1/s1. The van der Waals surface area contributed by atoms with Crippen LogP contribution < -0.4 is 10.7 Å². The molecule has 2 aromatic rings. The van der Waals surface area contributed by atoms with E-state index in [9.17, 15) is 19.5 Å². The molecule has 2 atom stereocenters. The van der Waals surface area contributed by atoms with E-state index >= 15 is 0 Å². The second-order valence-corrected chi connectivity index (χ2v) is 8.89. The SMILES string of the molecule is O=C1CCC(C(=O)N2CCC3(CC2)c2ccccc2[C@@H](NC(=O)c2ccccc2)[C@@H]3O)=NN1. The minimum absolute atomic E-state index is 0.167. The maximum Gasteiger partial charge on any atom is 0.270 e. The molecule has 2 aliphatic heterocycles. The molecule has 170 valence electrons. The smallest absolute Gasteiger partial charge is 0.270 e. The molecule has 1 aliphatic carbocycles. The van der Waals surface area contributed by atoms with Gasteiger partial charge in [-0.05, 0) is 36.1 Å². The fourth-order valence-corrected chi connectivity index (χ4v) is 5.33. The summed E-state index contributed by atoms with van der Waals surface area (Å²) in [4.78, 5) is 38.8. The molecule has 2 heterocycles. The number of carbonyl (C=O) groups is 3. The van der Waals surface area contributed by atoms with Gasteiger partial charge in [0.2, 0.25) is 5.91 Å². The monoisotopic (exact) mass is 446 g/mol. The summed E-state index contributed by atoms with van der Waals surface area (Å²) in [5.74, 6) is -0.575. The maximum absolute atomic E-state index is 12.9. The normalized spacial score (nSPS) is 23.5. The van der Waals surface area contributed by atoms with E-state index in [1.54, 1.807) is 17.0 Å². The van der Waals surface area contributed by atoms with Crippen molar-refractivity contribution in [3.63, 3.8) is 0 Å². The largest absolute Gasteiger partial charge is 0.390 e. The molecule has 0 unspecified atom stereocenters. The van der Waals surface area contributed by atoms with Crippen molar-refractivity contribution in [1.29, 1.82) is 0 Å². The molecule has 3 N–H and O–H groups in total. The van der Waals surface area contributed by atoms with Crippen LogP contribution in [0.5, 0.6) is 0 Å². The lowest BCUT2D eigenvalue weighted by atomic mass is 9.72. The Labute approximate surface area is 191 Å².